The summed E-state index contributed by atoms with van der Waals surface area (Å²) in [6, 6.07) is 1.30. The molecular formula is C32H33N8O12S2+. The van der Waals surface area contributed by atoms with Crippen LogP contribution in [0, 0.1) is 5.41 Å². The maximum atomic E-state index is 13.5. The van der Waals surface area contributed by atoms with Crippen LogP contribution in [0.5, 0.6) is 11.5 Å². The molecule has 2 aromatic heterocycles. The molecule has 0 saturated carbocycles. The molecule has 0 unspecified atom stereocenters. The number of carbonyl (C=O) groups is 5. The minimum Gasteiger partial charge on any atom is -0.504 e. The first-order valence-corrected chi connectivity index (χ1v) is 18.4. The predicted octanol–water partition coefficient (Wildman–Crippen LogP) is -0.456. The van der Waals surface area contributed by atoms with Gasteiger partial charge in [0.15, 0.2) is 22.3 Å². The second kappa shape index (κ2) is 13.6. The number of anilines is 1. The molecule has 54 heavy (non-hydrogen) atoms. The first-order valence-electron chi connectivity index (χ1n) is 16.5. The standard InChI is InChI=1S/C32H32N8O12S2/c33-31-35-17(11-54-31)22(37-52-20(29(48)49)7-21(43)44)25(45)36-23-27(47)39-24(30(50)51)15(10-53-28(23)39)9-40-3-1-32(13-40,2-4-40)12-38-26(46)16-6-19(42)18(41)5-14(16)8-34-38/h5-6,8,11,20,23,28H,1-4,7,9-10,12-13H2,(H7-,33,34,35,36,37,41,42,43,44,45,46,48,49,50,51)/p+1/t20-,23+,28+,32?,40?/m0/s1. The van der Waals surface area contributed by atoms with Gasteiger partial charge in [-0.2, -0.15) is 5.10 Å². The van der Waals surface area contributed by atoms with Crippen LogP contribution in [0.25, 0.3) is 10.8 Å². The summed E-state index contributed by atoms with van der Waals surface area (Å²) in [5.74, 6) is -6.66. The van der Waals surface area contributed by atoms with Crippen molar-refractivity contribution in [3.8, 4) is 11.5 Å². The van der Waals surface area contributed by atoms with E-state index in [9.17, 15) is 49.2 Å². The Morgan fingerprint density at radius 3 is 2.50 bits per heavy atom. The van der Waals surface area contributed by atoms with E-state index in [1.165, 1.54) is 40.2 Å². The fourth-order valence-corrected chi connectivity index (χ4v) is 9.62. The topological polar surface area (TPSA) is 297 Å². The highest BCUT2D eigenvalue weighted by Gasteiger charge is 2.58. The van der Waals surface area contributed by atoms with E-state index >= 15 is 0 Å². The number of thiazole rings is 1. The van der Waals surface area contributed by atoms with E-state index in [-0.39, 0.29) is 38.8 Å². The van der Waals surface area contributed by atoms with Crippen molar-refractivity contribution in [3.63, 3.8) is 0 Å². The summed E-state index contributed by atoms with van der Waals surface area (Å²) in [5.41, 5.74) is 4.71. The molecule has 284 valence electrons. The highest BCUT2D eigenvalue weighted by atomic mass is 32.2. The highest BCUT2D eigenvalue weighted by Crippen LogP contribution is 2.49. The number of carbonyl (C=O) groups excluding carboxylic acids is 2. The monoisotopic (exact) mass is 785 g/mol. The van der Waals surface area contributed by atoms with Crippen molar-refractivity contribution in [2.75, 3.05) is 37.7 Å². The van der Waals surface area contributed by atoms with Crippen LogP contribution in [0.3, 0.4) is 0 Å². The van der Waals surface area contributed by atoms with E-state index < -0.39 is 70.7 Å². The van der Waals surface area contributed by atoms with E-state index in [0.717, 1.165) is 29.1 Å². The van der Waals surface area contributed by atoms with Crippen molar-refractivity contribution >= 4 is 74.4 Å². The average molecular weight is 786 g/mol. The number of carboxylic acids is 3. The van der Waals surface area contributed by atoms with Gasteiger partial charge in [0.25, 0.3) is 17.4 Å². The molecule has 3 saturated heterocycles. The van der Waals surface area contributed by atoms with Gasteiger partial charge in [-0.05, 0) is 12.1 Å². The summed E-state index contributed by atoms with van der Waals surface area (Å²) in [5, 5.41) is 60.1. The molecule has 2 bridgehead atoms. The minimum atomic E-state index is -1.94. The smallest absolute Gasteiger partial charge is 0.352 e. The molecule has 0 aliphatic carbocycles. The molecule has 1 aromatic carbocycles. The van der Waals surface area contributed by atoms with E-state index in [2.05, 4.69) is 20.6 Å². The third-order valence-corrected chi connectivity index (χ3v) is 12.3. The number of oxime groups is 1. The first-order chi connectivity index (χ1) is 25.6. The number of aromatic hydroxyl groups is 2. The molecule has 3 aromatic rings. The molecule has 4 aliphatic heterocycles. The number of aromatic nitrogens is 3. The molecule has 3 fully saturated rings. The van der Waals surface area contributed by atoms with E-state index in [1.54, 1.807) is 0 Å². The van der Waals surface area contributed by atoms with Crippen LogP contribution in [0.1, 0.15) is 25.0 Å². The second-order valence-corrected chi connectivity index (χ2v) is 15.8. The number of hydrogen-bond acceptors (Lipinski definition) is 15. The molecule has 20 nitrogen and oxygen atoms in total. The van der Waals surface area contributed by atoms with Crippen molar-refractivity contribution in [2.24, 2.45) is 10.6 Å². The molecule has 0 spiro atoms. The molecule has 6 heterocycles. The highest BCUT2D eigenvalue weighted by molar-refractivity contribution is 8.00. The van der Waals surface area contributed by atoms with Gasteiger partial charge >= 0.3 is 17.9 Å². The first kappa shape index (κ1) is 36.6. The number of benzene rings is 1. The van der Waals surface area contributed by atoms with E-state index in [0.29, 0.717) is 48.2 Å². The number of hydrogen-bond donors (Lipinski definition) is 7. The number of nitrogens with one attached hydrogen (secondary N) is 1. The number of amides is 2. The lowest BCUT2D eigenvalue weighted by atomic mass is 9.84. The van der Waals surface area contributed by atoms with E-state index in [4.69, 9.17) is 15.7 Å². The number of aliphatic carboxylic acids is 3. The number of β-lactam (4-membered cyclic amide) rings is 1. The Kier molecular flexibility index (Phi) is 9.22. The van der Waals surface area contributed by atoms with Crippen molar-refractivity contribution in [3.05, 3.63) is 51.0 Å². The number of rotatable bonds is 13. The number of piperidine rings is 1. The van der Waals surface area contributed by atoms with E-state index in [1.807, 2.05) is 0 Å². The summed E-state index contributed by atoms with van der Waals surface area (Å²) in [6.45, 7) is 2.76. The van der Waals surface area contributed by atoms with Crippen LogP contribution in [0.2, 0.25) is 0 Å². The Bertz CT molecular complexity index is 2240. The largest absolute Gasteiger partial charge is 0.504 e. The zero-order valence-electron chi connectivity index (χ0n) is 28.1. The number of phenols is 2. The summed E-state index contributed by atoms with van der Waals surface area (Å²) in [4.78, 5) is 85.5. The molecular weight excluding hydrogens is 753 g/mol. The Hall–Kier alpha value is -5.74. The zero-order valence-corrected chi connectivity index (χ0v) is 29.7. The Morgan fingerprint density at radius 1 is 1.13 bits per heavy atom. The average Bonchev–Trinajstić information content (AvgIpc) is 3.81. The summed E-state index contributed by atoms with van der Waals surface area (Å²) in [7, 11) is 0. The van der Waals surface area contributed by atoms with Crippen LogP contribution in [-0.4, -0.2) is 135 Å². The van der Waals surface area contributed by atoms with Crippen molar-refractivity contribution < 1.29 is 58.8 Å². The van der Waals surface area contributed by atoms with Crippen LogP contribution in [0.15, 0.2) is 44.9 Å². The predicted molar refractivity (Wildman–Crippen MR) is 188 cm³/mol. The Labute approximate surface area is 311 Å². The van der Waals surface area contributed by atoms with Crippen LogP contribution < -0.4 is 16.6 Å². The van der Waals surface area contributed by atoms with Gasteiger partial charge in [-0.3, -0.25) is 24.1 Å². The number of nitrogen functional groups attached to an aromatic ring is 1. The minimum absolute atomic E-state index is 0.0327. The number of fused-ring (bicyclic) bond motifs is 4. The quantitative estimate of drug-likeness (QED) is 0.0379. The number of phenolic OH excluding ortho intramolecular Hbond substituents is 2. The maximum Gasteiger partial charge on any atom is 0.352 e. The second-order valence-electron chi connectivity index (χ2n) is 13.8. The number of quaternary nitrogens is 1. The molecule has 7 rings (SSSR count). The van der Waals surface area contributed by atoms with Gasteiger partial charge in [0.05, 0.1) is 44.2 Å². The lowest BCUT2D eigenvalue weighted by Gasteiger charge is -2.50. The van der Waals surface area contributed by atoms with Crippen LogP contribution in [-0.2, 0) is 35.4 Å². The molecule has 3 atom stereocenters. The van der Waals surface area contributed by atoms with Gasteiger partial charge < -0.3 is 45.9 Å². The molecule has 2 amide bonds. The lowest BCUT2D eigenvalue weighted by molar-refractivity contribution is -0.905. The van der Waals surface area contributed by atoms with Gasteiger partial charge in [-0.1, -0.05) is 5.16 Å². The number of nitrogens with two attached hydrogens (primary N) is 1. The van der Waals surface area contributed by atoms with Gasteiger partial charge in [-0.15, -0.1) is 23.1 Å². The molecule has 4 aliphatic rings. The number of thioether (sulfide) groups is 1. The fourth-order valence-electron chi connectivity index (χ4n) is 7.74. The van der Waals surface area contributed by atoms with Gasteiger partial charge in [0, 0.05) is 40.3 Å². The van der Waals surface area contributed by atoms with Crippen LogP contribution >= 0.6 is 23.1 Å². The zero-order chi connectivity index (χ0) is 38.7. The van der Waals surface area contributed by atoms with Gasteiger partial charge in [-0.25, -0.2) is 19.3 Å². The van der Waals surface area contributed by atoms with Gasteiger partial charge in [0.2, 0.25) is 6.10 Å². The molecule has 22 heteroatoms. The summed E-state index contributed by atoms with van der Waals surface area (Å²) < 4.78 is 1.93. The van der Waals surface area contributed by atoms with Crippen molar-refractivity contribution in [1.29, 1.82) is 0 Å². The molecule has 0 radical (unpaired) electrons. The fraction of sp³-hybridized carbons (Fsp3) is 0.406. The lowest BCUT2D eigenvalue weighted by Crippen LogP contribution is -2.71. The summed E-state index contributed by atoms with van der Waals surface area (Å²) >= 11 is 2.20. The van der Waals surface area contributed by atoms with Crippen molar-refractivity contribution in [2.45, 2.75) is 43.3 Å². The number of carboxylic acid groups (broad SMARTS) is 3. The third-order valence-electron chi connectivity index (χ3n) is 10.3. The number of nitrogens with zero attached hydrogens (tertiary/aromatic N) is 6. The van der Waals surface area contributed by atoms with Gasteiger partial charge in [0.1, 0.15) is 29.4 Å². The summed E-state index contributed by atoms with van der Waals surface area (Å²) in [6.07, 6.45) is 0.0697. The maximum absolute atomic E-state index is 13.5. The Balaban J connectivity index is 1.06. The SMILES string of the molecule is Nc1nc(/C(=N/O[C@@H](CC(=O)O)C(=O)O)C(=O)N[C@@H]2C(=O)N3C(C(=O)O)=C(C[N+]45CCC(Cn6ncc7cc(O)c(O)cc7c6=O)(CC4)C5)CS[C@H]23)cs1. The normalized spacial score (nSPS) is 25.3. The van der Waals surface area contributed by atoms with Crippen molar-refractivity contribution in [1.82, 2.24) is 25.0 Å². The van der Waals surface area contributed by atoms with Crippen LogP contribution in [0.4, 0.5) is 5.13 Å². The Morgan fingerprint density at radius 2 is 1.85 bits per heavy atom. The molecule has 8 N–H and O–H groups in total. The third kappa shape index (κ3) is 6.55.